The largest absolute Gasteiger partial charge is 0.493 e. The maximum atomic E-state index is 5.93. The summed E-state index contributed by atoms with van der Waals surface area (Å²) in [6.45, 7) is 2.17. The fraction of sp³-hybridized carbons (Fsp3) is 0.545. The molecule has 1 aromatic heterocycles. The van der Waals surface area contributed by atoms with Crippen molar-refractivity contribution in [3.63, 3.8) is 0 Å². The molecule has 1 saturated heterocycles. The van der Waals surface area contributed by atoms with Crippen molar-refractivity contribution in [2.75, 3.05) is 27.2 Å². The van der Waals surface area contributed by atoms with Crippen molar-refractivity contribution in [3.05, 3.63) is 17.4 Å². The zero-order valence-electron chi connectivity index (χ0n) is 10.5. The molecule has 0 aromatic carbocycles. The summed E-state index contributed by atoms with van der Waals surface area (Å²) in [7, 11) is 3.59. The highest BCUT2D eigenvalue weighted by Crippen LogP contribution is 2.32. The van der Waals surface area contributed by atoms with E-state index in [1.165, 1.54) is 12.8 Å². The SMILES string of the molecule is CN[N+]1(c2cnc(Cl)c(OC)c2)CCCC1.Cl.Cl. The minimum absolute atomic E-state index is 0. The molecule has 0 spiro atoms. The predicted molar refractivity (Wildman–Crippen MR) is 80.1 cm³/mol. The Morgan fingerprint density at radius 3 is 2.44 bits per heavy atom. The van der Waals surface area contributed by atoms with Gasteiger partial charge in [0.05, 0.1) is 13.3 Å². The first-order valence-corrected chi connectivity index (χ1v) is 5.86. The Kier molecular flexibility index (Phi) is 7.25. The molecule has 1 N–H and O–H groups in total. The lowest BCUT2D eigenvalue weighted by Crippen LogP contribution is -2.55. The van der Waals surface area contributed by atoms with Gasteiger partial charge in [-0.05, 0) is 0 Å². The van der Waals surface area contributed by atoms with E-state index in [1.54, 1.807) is 7.11 Å². The molecule has 0 unspecified atom stereocenters. The Hall–Kier alpha value is -0.260. The van der Waals surface area contributed by atoms with Crippen molar-refractivity contribution in [3.8, 4) is 5.75 Å². The molecule has 2 rings (SSSR count). The minimum Gasteiger partial charge on any atom is -0.493 e. The van der Waals surface area contributed by atoms with Gasteiger partial charge in [0.25, 0.3) is 0 Å². The first-order valence-electron chi connectivity index (χ1n) is 5.48. The summed E-state index contributed by atoms with van der Waals surface area (Å²) in [5, 5.41) is 0.416. The molecule has 1 aromatic rings. The summed E-state index contributed by atoms with van der Waals surface area (Å²) >= 11 is 5.93. The van der Waals surface area contributed by atoms with Crippen LogP contribution >= 0.6 is 36.4 Å². The van der Waals surface area contributed by atoms with E-state index in [4.69, 9.17) is 16.3 Å². The van der Waals surface area contributed by atoms with Crippen LogP contribution in [0.4, 0.5) is 5.69 Å². The van der Waals surface area contributed by atoms with Gasteiger partial charge < -0.3 is 4.74 Å². The van der Waals surface area contributed by atoms with E-state index in [0.29, 0.717) is 10.9 Å². The lowest BCUT2D eigenvalue weighted by Gasteiger charge is -2.31. The quantitative estimate of drug-likeness (QED) is 0.688. The second kappa shape index (κ2) is 7.36. The molecule has 1 aliphatic rings. The Labute approximate surface area is 125 Å². The Morgan fingerprint density at radius 2 is 1.94 bits per heavy atom. The summed E-state index contributed by atoms with van der Waals surface area (Å²) in [6.07, 6.45) is 4.28. The molecule has 18 heavy (non-hydrogen) atoms. The van der Waals surface area contributed by atoms with Gasteiger partial charge in [-0.1, -0.05) is 11.6 Å². The molecule has 0 atom stereocenters. The van der Waals surface area contributed by atoms with Gasteiger partial charge in [-0.15, -0.1) is 24.8 Å². The van der Waals surface area contributed by atoms with Gasteiger partial charge in [-0.2, -0.15) is 5.43 Å². The monoisotopic (exact) mass is 314 g/mol. The smallest absolute Gasteiger partial charge is 0.174 e. The molecule has 0 radical (unpaired) electrons. The van der Waals surface area contributed by atoms with Crippen LogP contribution in [0.1, 0.15) is 12.8 Å². The van der Waals surface area contributed by atoms with Gasteiger partial charge in [0.1, 0.15) is 13.1 Å². The highest BCUT2D eigenvalue weighted by atomic mass is 35.5. The normalized spacial score (nSPS) is 16.6. The third-order valence-corrected chi connectivity index (χ3v) is 3.55. The Balaban J connectivity index is 0.00000144. The standard InChI is InChI=1S/C11H17ClN3O.2ClH/c1-13-15(5-3-4-6-15)9-7-10(16-2)11(12)14-8-9;;/h7-8,13H,3-6H2,1-2H3;2*1H/q+1;;. The highest BCUT2D eigenvalue weighted by Gasteiger charge is 2.34. The zero-order chi connectivity index (χ0) is 11.6. The Morgan fingerprint density at radius 1 is 1.33 bits per heavy atom. The number of ether oxygens (including phenoxy) is 1. The summed E-state index contributed by atoms with van der Waals surface area (Å²) in [5.41, 5.74) is 4.48. The van der Waals surface area contributed by atoms with E-state index >= 15 is 0 Å². The maximum Gasteiger partial charge on any atom is 0.174 e. The summed E-state index contributed by atoms with van der Waals surface area (Å²) in [4.78, 5) is 4.17. The number of methoxy groups -OCH3 is 1. The second-order valence-corrected chi connectivity index (χ2v) is 4.39. The van der Waals surface area contributed by atoms with Crippen LogP contribution in [-0.4, -0.2) is 32.2 Å². The van der Waals surface area contributed by atoms with Crippen molar-refractivity contribution < 1.29 is 4.74 Å². The molecule has 0 aliphatic carbocycles. The summed E-state index contributed by atoms with van der Waals surface area (Å²) < 4.78 is 5.97. The van der Waals surface area contributed by atoms with Crippen molar-refractivity contribution in [1.82, 2.24) is 15.0 Å². The first-order chi connectivity index (χ1) is 7.72. The zero-order valence-corrected chi connectivity index (χ0v) is 12.9. The number of quaternary nitrogens is 1. The van der Waals surface area contributed by atoms with Crippen LogP contribution in [0.15, 0.2) is 12.3 Å². The summed E-state index contributed by atoms with van der Waals surface area (Å²) in [5.74, 6) is 0.638. The van der Waals surface area contributed by atoms with Crippen LogP contribution < -0.4 is 14.8 Å². The average molecular weight is 316 g/mol. The van der Waals surface area contributed by atoms with Gasteiger partial charge in [-0.3, -0.25) is 0 Å². The van der Waals surface area contributed by atoms with Crippen LogP contribution in [0.5, 0.6) is 5.75 Å². The molecule has 4 nitrogen and oxygen atoms in total. The number of pyridine rings is 1. The lowest BCUT2D eigenvalue weighted by atomic mass is 10.3. The first kappa shape index (κ1) is 17.7. The number of aromatic nitrogens is 1. The highest BCUT2D eigenvalue weighted by molar-refractivity contribution is 6.30. The third-order valence-electron chi connectivity index (χ3n) is 3.26. The van der Waals surface area contributed by atoms with E-state index in [0.717, 1.165) is 23.4 Å². The number of hydrogen-bond donors (Lipinski definition) is 1. The van der Waals surface area contributed by atoms with Crippen LogP contribution in [0.2, 0.25) is 5.15 Å². The predicted octanol–water partition coefficient (Wildman–Crippen LogP) is 2.82. The van der Waals surface area contributed by atoms with Crippen LogP contribution in [0, 0.1) is 0 Å². The molecule has 0 saturated carbocycles. The number of halogens is 3. The van der Waals surface area contributed by atoms with E-state index < -0.39 is 0 Å². The number of hydrogen-bond acceptors (Lipinski definition) is 3. The average Bonchev–Trinajstić information content (AvgIpc) is 2.79. The molecule has 0 bridgehead atoms. The van der Waals surface area contributed by atoms with E-state index in [-0.39, 0.29) is 24.8 Å². The van der Waals surface area contributed by atoms with Gasteiger partial charge in [0, 0.05) is 26.0 Å². The topological polar surface area (TPSA) is 34.2 Å². The van der Waals surface area contributed by atoms with Gasteiger partial charge in [0.2, 0.25) is 0 Å². The van der Waals surface area contributed by atoms with Crippen molar-refractivity contribution in [2.24, 2.45) is 0 Å². The molecular formula is C11H19Cl3N3O+. The fourth-order valence-electron chi connectivity index (χ4n) is 2.28. The third kappa shape index (κ3) is 3.19. The van der Waals surface area contributed by atoms with Gasteiger partial charge >= 0.3 is 0 Å². The fourth-order valence-corrected chi connectivity index (χ4v) is 2.46. The molecule has 0 amide bonds. The van der Waals surface area contributed by atoms with Gasteiger partial charge in [0.15, 0.2) is 16.6 Å². The van der Waals surface area contributed by atoms with E-state index in [9.17, 15) is 0 Å². The number of nitrogens with zero attached hydrogens (tertiary/aromatic N) is 2. The van der Waals surface area contributed by atoms with E-state index in [1.807, 2.05) is 19.3 Å². The van der Waals surface area contributed by atoms with Crippen molar-refractivity contribution in [2.45, 2.75) is 12.8 Å². The molecule has 7 heteroatoms. The second-order valence-electron chi connectivity index (χ2n) is 4.03. The molecule has 1 aliphatic heterocycles. The molecule has 1 fully saturated rings. The maximum absolute atomic E-state index is 5.93. The lowest BCUT2D eigenvalue weighted by molar-refractivity contribution is 0.258. The van der Waals surface area contributed by atoms with Crippen molar-refractivity contribution >= 4 is 42.1 Å². The number of nitrogens with one attached hydrogen (secondary N) is 1. The molecular weight excluding hydrogens is 296 g/mol. The van der Waals surface area contributed by atoms with Crippen LogP contribution in [-0.2, 0) is 0 Å². The molecule has 104 valence electrons. The van der Waals surface area contributed by atoms with Crippen LogP contribution in [0.3, 0.4) is 0 Å². The van der Waals surface area contributed by atoms with Crippen molar-refractivity contribution in [1.29, 1.82) is 0 Å². The Bertz CT molecular complexity index is 384. The summed E-state index contributed by atoms with van der Waals surface area (Å²) in [6, 6.07) is 1.97. The number of rotatable bonds is 3. The minimum atomic E-state index is 0. The molecule has 2 heterocycles. The van der Waals surface area contributed by atoms with Gasteiger partial charge in [-0.25, -0.2) is 9.58 Å². The van der Waals surface area contributed by atoms with E-state index in [2.05, 4.69) is 10.4 Å². The van der Waals surface area contributed by atoms with Crippen LogP contribution in [0.25, 0.3) is 0 Å².